The molecule has 3 nitrogen and oxygen atoms in total. The van der Waals surface area contributed by atoms with Crippen LogP contribution in [0.25, 0.3) is 11.6 Å². The standard InChI is InChI=1S/C19H20O3/c1-3-14-8-10-15(11-9-14)12-18(19(20)21)16-6-5-7-17(13-16)22-4-2/h5-13H,3-4H2,1-2H3,(H,20,21)/b18-12-. The van der Waals surface area contributed by atoms with Crippen molar-refractivity contribution < 1.29 is 14.6 Å². The van der Waals surface area contributed by atoms with E-state index in [1.165, 1.54) is 5.56 Å². The van der Waals surface area contributed by atoms with Gasteiger partial charge in [-0.15, -0.1) is 0 Å². The van der Waals surface area contributed by atoms with Crippen LogP contribution in [0.1, 0.15) is 30.5 Å². The highest BCUT2D eigenvalue weighted by Crippen LogP contribution is 2.23. The zero-order valence-corrected chi connectivity index (χ0v) is 12.9. The highest BCUT2D eigenvalue weighted by atomic mass is 16.5. The molecule has 2 rings (SSSR count). The lowest BCUT2D eigenvalue weighted by atomic mass is 10.0. The molecule has 1 N–H and O–H groups in total. The lowest BCUT2D eigenvalue weighted by Gasteiger charge is -2.07. The Balaban J connectivity index is 2.38. The summed E-state index contributed by atoms with van der Waals surface area (Å²) in [6, 6.07) is 15.1. The third kappa shape index (κ3) is 3.98. The monoisotopic (exact) mass is 296 g/mol. The molecule has 0 unspecified atom stereocenters. The first-order chi connectivity index (χ1) is 10.6. The Bertz CT molecular complexity index is 669. The molecule has 0 fully saturated rings. The molecule has 3 heteroatoms. The van der Waals surface area contributed by atoms with Gasteiger partial charge < -0.3 is 9.84 Å². The number of hydrogen-bond donors (Lipinski definition) is 1. The van der Waals surface area contributed by atoms with E-state index < -0.39 is 5.97 Å². The molecular weight excluding hydrogens is 276 g/mol. The van der Waals surface area contributed by atoms with Crippen LogP contribution in [0, 0.1) is 0 Å². The summed E-state index contributed by atoms with van der Waals surface area (Å²) in [6.45, 7) is 4.54. The Morgan fingerprint density at radius 1 is 1.14 bits per heavy atom. The predicted molar refractivity (Wildman–Crippen MR) is 88.9 cm³/mol. The molecule has 0 aliphatic heterocycles. The van der Waals surface area contributed by atoms with E-state index in [0.29, 0.717) is 17.9 Å². The second-order valence-corrected chi connectivity index (χ2v) is 4.92. The van der Waals surface area contributed by atoms with Crippen molar-refractivity contribution in [3.63, 3.8) is 0 Å². The molecule has 2 aromatic rings. The SMILES string of the molecule is CCOc1cccc(/C(=C/c2ccc(CC)cc2)C(=O)O)c1. The van der Waals surface area contributed by atoms with Crippen LogP contribution in [-0.2, 0) is 11.2 Å². The topological polar surface area (TPSA) is 46.5 Å². The lowest BCUT2D eigenvalue weighted by Crippen LogP contribution is -2.00. The molecule has 0 saturated carbocycles. The van der Waals surface area contributed by atoms with Crippen molar-refractivity contribution in [3.05, 3.63) is 65.2 Å². The number of carboxylic acids is 1. The largest absolute Gasteiger partial charge is 0.494 e. The number of ether oxygens (including phenoxy) is 1. The zero-order chi connectivity index (χ0) is 15.9. The van der Waals surface area contributed by atoms with Crippen LogP contribution in [0.15, 0.2) is 48.5 Å². The van der Waals surface area contributed by atoms with Crippen molar-refractivity contribution in [2.45, 2.75) is 20.3 Å². The van der Waals surface area contributed by atoms with E-state index in [2.05, 4.69) is 6.92 Å². The van der Waals surface area contributed by atoms with Crippen molar-refractivity contribution in [2.75, 3.05) is 6.61 Å². The minimum absolute atomic E-state index is 0.255. The summed E-state index contributed by atoms with van der Waals surface area (Å²) in [5, 5.41) is 9.50. The van der Waals surface area contributed by atoms with E-state index in [9.17, 15) is 9.90 Å². The van der Waals surface area contributed by atoms with Crippen molar-refractivity contribution in [3.8, 4) is 5.75 Å². The second kappa shape index (κ2) is 7.46. The molecule has 0 aliphatic rings. The van der Waals surface area contributed by atoms with Gasteiger partial charge in [-0.1, -0.05) is 43.3 Å². The van der Waals surface area contributed by atoms with Crippen molar-refractivity contribution in [1.82, 2.24) is 0 Å². The summed E-state index contributed by atoms with van der Waals surface area (Å²) < 4.78 is 5.44. The summed E-state index contributed by atoms with van der Waals surface area (Å²) in [5.74, 6) is -0.276. The summed E-state index contributed by atoms with van der Waals surface area (Å²) >= 11 is 0. The molecule has 0 heterocycles. The van der Waals surface area contributed by atoms with Crippen molar-refractivity contribution >= 4 is 17.6 Å². The average molecular weight is 296 g/mol. The van der Waals surface area contributed by atoms with Crippen LogP contribution in [0.2, 0.25) is 0 Å². The van der Waals surface area contributed by atoms with Gasteiger partial charge in [-0.25, -0.2) is 4.79 Å². The van der Waals surface area contributed by atoms with Crippen LogP contribution in [-0.4, -0.2) is 17.7 Å². The van der Waals surface area contributed by atoms with Gasteiger partial charge in [0.1, 0.15) is 5.75 Å². The van der Waals surface area contributed by atoms with Crippen LogP contribution in [0.3, 0.4) is 0 Å². The molecule has 22 heavy (non-hydrogen) atoms. The van der Waals surface area contributed by atoms with Crippen molar-refractivity contribution in [2.24, 2.45) is 0 Å². The highest BCUT2D eigenvalue weighted by Gasteiger charge is 2.11. The maximum atomic E-state index is 11.6. The van der Waals surface area contributed by atoms with Gasteiger partial charge in [0.2, 0.25) is 0 Å². The summed E-state index contributed by atoms with van der Waals surface area (Å²) in [6.07, 6.45) is 2.65. The summed E-state index contributed by atoms with van der Waals surface area (Å²) in [4.78, 5) is 11.6. The molecule has 0 atom stereocenters. The molecule has 114 valence electrons. The number of rotatable bonds is 6. The molecule has 2 aromatic carbocycles. The fourth-order valence-corrected chi connectivity index (χ4v) is 2.20. The Morgan fingerprint density at radius 3 is 2.45 bits per heavy atom. The van der Waals surface area contributed by atoms with Gasteiger partial charge in [-0.05, 0) is 48.2 Å². The average Bonchev–Trinajstić information content (AvgIpc) is 2.53. The predicted octanol–water partition coefficient (Wildman–Crippen LogP) is 4.27. The Morgan fingerprint density at radius 2 is 1.86 bits per heavy atom. The fraction of sp³-hybridized carbons (Fsp3) is 0.211. The third-order valence-corrected chi connectivity index (χ3v) is 3.39. The first-order valence-electron chi connectivity index (χ1n) is 7.41. The van der Waals surface area contributed by atoms with Gasteiger partial charge in [0.05, 0.1) is 12.2 Å². The Hall–Kier alpha value is -2.55. The fourth-order valence-electron chi connectivity index (χ4n) is 2.20. The van der Waals surface area contributed by atoms with Crippen LogP contribution >= 0.6 is 0 Å². The molecule has 0 bridgehead atoms. The molecule has 0 spiro atoms. The van der Waals surface area contributed by atoms with Gasteiger partial charge in [0, 0.05) is 0 Å². The van der Waals surface area contributed by atoms with Crippen LogP contribution in [0.4, 0.5) is 0 Å². The number of aryl methyl sites for hydroxylation is 1. The number of carbonyl (C=O) groups is 1. The van der Waals surface area contributed by atoms with Gasteiger partial charge >= 0.3 is 5.97 Å². The van der Waals surface area contributed by atoms with E-state index in [-0.39, 0.29) is 5.57 Å². The van der Waals surface area contributed by atoms with E-state index in [4.69, 9.17) is 4.74 Å². The second-order valence-electron chi connectivity index (χ2n) is 4.92. The quantitative estimate of drug-likeness (QED) is 0.639. The van der Waals surface area contributed by atoms with E-state index >= 15 is 0 Å². The number of aliphatic carboxylic acids is 1. The summed E-state index contributed by atoms with van der Waals surface area (Å²) in [5.41, 5.74) is 2.99. The minimum atomic E-state index is -0.951. The molecule has 0 amide bonds. The number of carboxylic acid groups (broad SMARTS) is 1. The smallest absolute Gasteiger partial charge is 0.336 e. The van der Waals surface area contributed by atoms with E-state index in [0.717, 1.165) is 12.0 Å². The molecule has 0 saturated heterocycles. The molecular formula is C19H20O3. The Kier molecular flexibility index (Phi) is 5.37. The van der Waals surface area contributed by atoms with Crippen LogP contribution < -0.4 is 4.74 Å². The minimum Gasteiger partial charge on any atom is -0.494 e. The van der Waals surface area contributed by atoms with Crippen LogP contribution in [0.5, 0.6) is 5.75 Å². The van der Waals surface area contributed by atoms with E-state index in [1.54, 1.807) is 24.3 Å². The van der Waals surface area contributed by atoms with Gasteiger partial charge in [-0.3, -0.25) is 0 Å². The number of benzene rings is 2. The van der Waals surface area contributed by atoms with Gasteiger partial charge in [0.25, 0.3) is 0 Å². The van der Waals surface area contributed by atoms with Gasteiger partial charge in [-0.2, -0.15) is 0 Å². The van der Waals surface area contributed by atoms with Gasteiger partial charge in [0.15, 0.2) is 0 Å². The molecule has 0 aromatic heterocycles. The lowest BCUT2D eigenvalue weighted by molar-refractivity contribution is -0.130. The highest BCUT2D eigenvalue weighted by molar-refractivity contribution is 6.20. The third-order valence-electron chi connectivity index (χ3n) is 3.39. The molecule has 0 aliphatic carbocycles. The zero-order valence-electron chi connectivity index (χ0n) is 12.9. The van der Waals surface area contributed by atoms with Crippen molar-refractivity contribution in [1.29, 1.82) is 0 Å². The number of hydrogen-bond acceptors (Lipinski definition) is 2. The normalized spacial score (nSPS) is 11.3. The maximum Gasteiger partial charge on any atom is 0.336 e. The Labute approximate surface area is 130 Å². The maximum absolute atomic E-state index is 11.6. The molecule has 0 radical (unpaired) electrons. The first kappa shape index (κ1) is 15.8. The first-order valence-corrected chi connectivity index (χ1v) is 7.41. The summed E-state index contributed by atoms with van der Waals surface area (Å²) in [7, 11) is 0. The van der Waals surface area contributed by atoms with E-state index in [1.807, 2.05) is 37.3 Å².